The Morgan fingerprint density at radius 3 is 2.62 bits per heavy atom. The van der Waals surface area contributed by atoms with Crippen LogP contribution in [0.4, 0.5) is 10.1 Å². The van der Waals surface area contributed by atoms with Gasteiger partial charge in [0.15, 0.2) is 0 Å². The maximum absolute atomic E-state index is 13.7. The number of rotatable bonds is 6. The number of nitrogens with zero attached hydrogens (tertiary/aromatic N) is 2. The van der Waals surface area contributed by atoms with Crippen LogP contribution in [0.15, 0.2) is 59.5 Å². The number of ether oxygens (including phenoxy) is 1. The van der Waals surface area contributed by atoms with Gasteiger partial charge in [-0.15, -0.1) is 0 Å². The van der Waals surface area contributed by atoms with E-state index in [1.807, 2.05) is 6.07 Å². The molecule has 0 unspecified atom stereocenters. The third-order valence-electron chi connectivity index (χ3n) is 5.13. The number of aromatic nitrogens is 1. The van der Waals surface area contributed by atoms with E-state index in [1.165, 1.54) is 55.6 Å². The molecule has 162 valence electrons. The van der Waals surface area contributed by atoms with Crippen LogP contribution in [0.25, 0.3) is 11.3 Å². The van der Waals surface area contributed by atoms with Crippen molar-refractivity contribution in [2.75, 3.05) is 11.8 Å². The van der Waals surface area contributed by atoms with Gasteiger partial charge in [0.25, 0.3) is 10.0 Å². The summed E-state index contributed by atoms with van der Waals surface area (Å²) in [4.78, 5) is 15.8. The summed E-state index contributed by atoms with van der Waals surface area (Å²) in [6.07, 6.45) is 1.70. The van der Waals surface area contributed by atoms with E-state index in [9.17, 15) is 22.9 Å². The number of sulfonamides is 1. The Morgan fingerprint density at radius 1 is 1.19 bits per heavy atom. The van der Waals surface area contributed by atoms with Crippen LogP contribution in [0.5, 0.6) is 0 Å². The first-order valence-electron chi connectivity index (χ1n) is 9.74. The van der Waals surface area contributed by atoms with Gasteiger partial charge in [-0.1, -0.05) is 12.1 Å². The highest BCUT2D eigenvalue weighted by molar-refractivity contribution is 7.92. The van der Waals surface area contributed by atoms with Gasteiger partial charge in [-0.05, 0) is 66.8 Å². The van der Waals surface area contributed by atoms with Gasteiger partial charge in [0.2, 0.25) is 5.95 Å². The second-order valence-corrected chi connectivity index (χ2v) is 8.99. The van der Waals surface area contributed by atoms with Crippen molar-refractivity contribution in [2.45, 2.75) is 23.7 Å². The minimum atomic E-state index is -4.17. The molecule has 0 aliphatic heterocycles. The predicted octanol–water partition coefficient (Wildman–Crippen LogP) is 4.22. The van der Waals surface area contributed by atoms with Crippen molar-refractivity contribution in [3.8, 4) is 17.3 Å². The molecule has 32 heavy (non-hydrogen) atoms. The van der Waals surface area contributed by atoms with E-state index in [4.69, 9.17) is 4.74 Å². The topological polar surface area (TPSA) is 109 Å². The summed E-state index contributed by atoms with van der Waals surface area (Å²) in [5, 5.41) is 9.28. The Bertz CT molecular complexity index is 1360. The summed E-state index contributed by atoms with van der Waals surface area (Å²) in [6, 6.07) is 14.9. The van der Waals surface area contributed by atoms with E-state index in [1.54, 1.807) is 6.07 Å². The van der Waals surface area contributed by atoms with Crippen molar-refractivity contribution in [1.82, 2.24) is 4.98 Å². The van der Waals surface area contributed by atoms with Crippen LogP contribution in [0.3, 0.4) is 0 Å². The lowest BCUT2D eigenvalue weighted by Crippen LogP contribution is -2.17. The van der Waals surface area contributed by atoms with E-state index in [-0.39, 0.29) is 33.3 Å². The number of hydrogen-bond acceptors (Lipinski definition) is 6. The van der Waals surface area contributed by atoms with Crippen molar-refractivity contribution >= 4 is 21.7 Å². The number of pyridine rings is 1. The van der Waals surface area contributed by atoms with E-state index in [0.717, 1.165) is 12.8 Å². The summed E-state index contributed by atoms with van der Waals surface area (Å²) in [5.41, 5.74) is 1.52. The summed E-state index contributed by atoms with van der Waals surface area (Å²) in [7, 11) is -2.95. The zero-order valence-electron chi connectivity index (χ0n) is 17.0. The number of halogens is 1. The molecule has 1 saturated carbocycles. The molecule has 0 saturated heterocycles. The number of hydrogen-bond donors (Lipinski definition) is 1. The first-order valence-corrected chi connectivity index (χ1v) is 11.2. The lowest BCUT2D eigenvalue weighted by atomic mass is 10.1. The molecule has 1 N–H and O–H groups in total. The molecule has 1 heterocycles. The molecule has 3 aromatic rings. The molecule has 9 heteroatoms. The van der Waals surface area contributed by atoms with Crippen molar-refractivity contribution in [1.29, 1.82) is 5.26 Å². The first kappa shape index (κ1) is 21.5. The maximum Gasteiger partial charge on any atom is 0.337 e. The summed E-state index contributed by atoms with van der Waals surface area (Å²) in [6.45, 7) is 0. The number of nitriles is 1. The third kappa shape index (κ3) is 4.31. The molecule has 7 nitrogen and oxygen atoms in total. The number of carbonyl (C=O) groups is 1. The average Bonchev–Trinajstić information content (AvgIpc) is 3.63. The smallest absolute Gasteiger partial charge is 0.337 e. The predicted molar refractivity (Wildman–Crippen MR) is 115 cm³/mol. The van der Waals surface area contributed by atoms with Gasteiger partial charge in [0.05, 0.1) is 40.6 Å². The number of nitrogens with one attached hydrogen (secondary N) is 1. The van der Waals surface area contributed by atoms with Gasteiger partial charge >= 0.3 is 5.97 Å². The Morgan fingerprint density at radius 2 is 1.97 bits per heavy atom. The largest absolute Gasteiger partial charge is 0.465 e. The highest BCUT2D eigenvalue weighted by atomic mass is 32.2. The Balaban J connectivity index is 1.82. The Labute approximate surface area is 184 Å². The van der Waals surface area contributed by atoms with Crippen molar-refractivity contribution < 1.29 is 22.3 Å². The van der Waals surface area contributed by atoms with Crippen LogP contribution in [0.1, 0.15) is 40.2 Å². The second-order valence-electron chi connectivity index (χ2n) is 7.34. The zero-order valence-corrected chi connectivity index (χ0v) is 17.8. The van der Waals surface area contributed by atoms with Crippen LogP contribution in [0, 0.1) is 17.3 Å². The van der Waals surface area contributed by atoms with Crippen LogP contribution >= 0.6 is 0 Å². The molecule has 0 bridgehead atoms. The maximum atomic E-state index is 13.7. The standard InChI is InChI=1S/C23H18FN3O4S/c1-31-23(28)16-8-10-17(15-6-7-15)21(12-16)32(29,30)27-20-11-14(13-25)5-9-18(20)19-3-2-4-22(24)26-19/h2-5,8-12,15,27H,6-7H2,1H3. The summed E-state index contributed by atoms with van der Waals surface area (Å²) in [5.74, 6) is -1.29. The molecule has 4 rings (SSSR count). The zero-order chi connectivity index (χ0) is 22.9. The third-order valence-corrected chi connectivity index (χ3v) is 6.55. The minimum Gasteiger partial charge on any atom is -0.465 e. The molecular weight excluding hydrogens is 433 g/mol. The van der Waals surface area contributed by atoms with Gasteiger partial charge in [0.1, 0.15) is 0 Å². The highest BCUT2D eigenvalue weighted by Gasteiger charge is 2.32. The first-order chi connectivity index (χ1) is 15.3. The molecule has 0 amide bonds. The fourth-order valence-corrected chi connectivity index (χ4v) is 4.82. The number of methoxy groups -OCH3 is 1. The van der Waals surface area contributed by atoms with Gasteiger partial charge in [0, 0.05) is 5.56 Å². The molecule has 2 aromatic carbocycles. The number of carbonyl (C=O) groups excluding carboxylic acids is 1. The normalized spacial score (nSPS) is 13.3. The fraction of sp³-hybridized carbons (Fsp3) is 0.174. The van der Waals surface area contributed by atoms with Crippen LogP contribution < -0.4 is 4.72 Å². The molecule has 1 aliphatic rings. The lowest BCUT2D eigenvalue weighted by Gasteiger charge is -2.16. The highest BCUT2D eigenvalue weighted by Crippen LogP contribution is 2.43. The lowest BCUT2D eigenvalue weighted by molar-refractivity contribution is 0.0600. The van der Waals surface area contributed by atoms with Crippen molar-refractivity contribution in [3.05, 3.63) is 77.2 Å². The monoisotopic (exact) mass is 451 g/mol. The van der Waals surface area contributed by atoms with Crippen LogP contribution in [-0.2, 0) is 14.8 Å². The van der Waals surface area contributed by atoms with E-state index in [0.29, 0.717) is 11.1 Å². The molecule has 0 spiro atoms. The fourth-order valence-electron chi connectivity index (χ4n) is 3.42. The summed E-state index contributed by atoms with van der Waals surface area (Å²) >= 11 is 0. The average molecular weight is 451 g/mol. The van der Waals surface area contributed by atoms with Gasteiger partial charge in [-0.25, -0.2) is 18.2 Å². The number of benzene rings is 2. The van der Waals surface area contributed by atoms with Gasteiger partial charge in [-0.3, -0.25) is 4.72 Å². The second kappa shape index (κ2) is 8.40. The molecular formula is C23H18FN3O4S. The minimum absolute atomic E-state index is 0.0385. The SMILES string of the molecule is COC(=O)c1ccc(C2CC2)c(S(=O)(=O)Nc2cc(C#N)ccc2-c2cccc(F)n2)c1. The number of esters is 1. The van der Waals surface area contributed by atoms with Gasteiger partial charge < -0.3 is 4.74 Å². The van der Waals surface area contributed by atoms with Crippen molar-refractivity contribution in [2.24, 2.45) is 0 Å². The number of anilines is 1. The molecule has 1 aromatic heterocycles. The van der Waals surface area contributed by atoms with E-state index >= 15 is 0 Å². The van der Waals surface area contributed by atoms with Crippen LogP contribution in [0.2, 0.25) is 0 Å². The Kier molecular flexibility index (Phi) is 5.63. The molecule has 1 aliphatic carbocycles. The quantitative estimate of drug-likeness (QED) is 0.444. The molecule has 0 radical (unpaired) electrons. The van der Waals surface area contributed by atoms with E-state index < -0.39 is 21.9 Å². The summed E-state index contributed by atoms with van der Waals surface area (Å²) < 4.78 is 47.8. The van der Waals surface area contributed by atoms with Crippen molar-refractivity contribution in [3.63, 3.8) is 0 Å². The van der Waals surface area contributed by atoms with Crippen LogP contribution in [-0.4, -0.2) is 26.5 Å². The van der Waals surface area contributed by atoms with Gasteiger partial charge in [-0.2, -0.15) is 9.65 Å². The van der Waals surface area contributed by atoms with E-state index in [2.05, 4.69) is 9.71 Å². The molecule has 1 fully saturated rings. The molecule has 0 atom stereocenters. The Hall–Kier alpha value is -3.77.